The van der Waals surface area contributed by atoms with Gasteiger partial charge in [-0.2, -0.15) is 0 Å². The molecule has 6 nitrogen and oxygen atoms in total. The summed E-state index contributed by atoms with van der Waals surface area (Å²) in [7, 11) is 0. The highest BCUT2D eigenvalue weighted by Crippen LogP contribution is 2.22. The number of nitrogens with zero attached hydrogens (tertiary/aromatic N) is 2. The summed E-state index contributed by atoms with van der Waals surface area (Å²) in [5, 5.41) is 9.93. The van der Waals surface area contributed by atoms with E-state index in [4.69, 9.17) is 9.84 Å². The highest BCUT2D eigenvalue weighted by Gasteiger charge is 2.28. The molecule has 0 spiro atoms. The molecule has 1 unspecified atom stereocenters. The van der Waals surface area contributed by atoms with Crippen LogP contribution in [0.5, 0.6) is 0 Å². The van der Waals surface area contributed by atoms with Gasteiger partial charge in [-0.25, -0.2) is 0 Å². The Bertz CT molecular complexity index is 737. The highest BCUT2D eigenvalue weighted by molar-refractivity contribution is 5.98. The van der Waals surface area contributed by atoms with E-state index >= 15 is 0 Å². The minimum Gasteiger partial charge on any atom is -0.481 e. The second-order valence-electron chi connectivity index (χ2n) is 5.67. The van der Waals surface area contributed by atoms with Gasteiger partial charge in [0.2, 0.25) is 0 Å². The van der Waals surface area contributed by atoms with E-state index in [0.717, 1.165) is 10.9 Å². The van der Waals surface area contributed by atoms with E-state index < -0.39 is 12.1 Å². The standard InChI is InChI=1S/C17H20N2O4/c1-2-19-14-6-4-3-5-12(14)9-15(19)17(22)18-7-8-23-13(11-18)10-16(20)21/h3-6,9,13H,2,7-8,10-11H2,1H3,(H,20,21). The van der Waals surface area contributed by atoms with Crippen LogP contribution in [0.25, 0.3) is 10.9 Å². The first kappa shape index (κ1) is 15.6. The molecule has 2 heterocycles. The van der Waals surface area contributed by atoms with E-state index in [2.05, 4.69) is 0 Å². The molecule has 23 heavy (non-hydrogen) atoms. The third-order valence-electron chi connectivity index (χ3n) is 4.17. The molecule has 0 radical (unpaired) electrons. The molecule has 1 fully saturated rings. The van der Waals surface area contributed by atoms with Crippen LogP contribution >= 0.6 is 0 Å². The van der Waals surface area contributed by atoms with Crippen molar-refractivity contribution < 1.29 is 19.4 Å². The summed E-state index contributed by atoms with van der Waals surface area (Å²) >= 11 is 0. The molecule has 1 aromatic carbocycles. The van der Waals surface area contributed by atoms with Crippen molar-refractivity contribution in [3.05, 3.63) is 36.0 Å². The number of ether oxygens (including phenoxy) is 1. The first-order valence-electron chi connectivity index (χ1n) is 7.81. The van der Waals surface area contributed by atoms with E-state index in [-0.39, 0.29) is 12.3 Å². The number of hydrogen-bond donors (Lipinski definition) is 1. The molecule has 1 aliphatic rings. The first-order chi connectivity index (χ1) is 11.1. The predicted molar refractivity (Wildman–Crippen MR) is 85.5 cm³/mol. The van der Waals surface area contributed by atoms with Crippen LogP contribution in [0.1, 0.15) is 23.8 Å². The topological polar surface area (TPSA) is 71.8 Å². The number of fused-ring (bicyclic) bond motifs is 1. The van der Waals surface area contributed by atoms with Crippen molar-refractivity contribution >= 4 is 22.8 Å². The van der Waals surface area contributed by atoms with Gasteiger partial charge in [-0.05, 0) is 19.1 Å². The maximum Gasteiger partial charge on any atom is 0.306 e. The summed E-state index contributed by atoms with van der Waals surface area (Å²) in [6.45, 7) is 3.89. The van der Waals surface area contributed by atoms with E-state index in [9.17, 15) is 9.59 Å². The molecular weight excluding hydrogens is 296 g/mol. The largest absolute Gasteiger partial charge is 0.481 e. The van der Waals surface area contributed by atoms with Gasteiger partial charge in [-0.15, -0.1) is 0 Å². The molecule has 1 amide bonds. The molecule has 1 saturated heterocycles. The maximum absolute atomic E-state index is 12.9. The second-order valence-corrected chi connectivity index (χ2v) is 5.67. The number of benzene rings is 1. The lowest BCUT2D eigenvalue weighted by Crippen LogP contribution is -2.46. The Balaban J connectivity index is 1.86. The first-order valence-corrected chi connectivity index (χ1v) is 7.81. The average Bonchev–Trinajstić information content (AvgIpc) is 2.92. The number of aliphatic carboxylic acids is 1. The zero-order valence-electron chi connectivity index (χ0n) is 13.1. The Morgan fingerprint density at radius 2 is 2.13 bits per heavy atom. The normalized spacial score (nSPS) is 18.3. The van der Waals surface area contributed by atoms with Gasteiger partial charge in [0.25, 0.3) is 5.91 Å². The number of carboxylic acid groups (broad SMARTS) is 1. The monoisotopic (exact) mass is 316 g/mol. The number of para-hydroxylation sites is 1. The number of aryl methyl sites for hydroxylation is 1. The summed E-state index contributed by atoms with van der Waals surface area (Å²) in [5.74, 6) is -0.978. The van der Waals surface area contributed by atoms with E-state index in [1.54, 1.807) is 4.90 Å². The zero-order chi connectivity index (χ0) is 16.4. The number of carboxylic acids is 1. The van der Waals surface area contributed by atoms with E-state index in [1.807, 2.05) is 41.8 Å². The number of aromatic nitrogens is 1. The predicted octanol–water partition coefficient (Wildman–Crippen LogP) is 1.98. The van der Waals surface area contributed by atoms with Crippen LogP contribution < -0.4 is 0 Å². The SMILES string of the molecule is CCn1c(C(=O)N2CCOC(CC(=O)O)C2)cc2ccccc21. The van der Waals surface area contributed by atoms with Crippen LogP contribution in [0.2, 0.25) is 0 Å². The number of carbonyl (C=O) groups excluding carboxylic acids is 1. The molecule has 1 atom stereocenters. The van der Waals surface area contributed by atoms with Gasteiger partial charge in [0, 0.05) is 30.5 Å². The summed E-state index contributed by atoms with van der Waals surface area (Å²) in [4.78, 5) is 25.4. The third kappa shape index (κ3) is 3.07. The molecule has 1 aromatic heterocycles. The molecule has 122 valence electrons. The molecule has 0 aliphatic carbocycles. The number of rotatable bonds is 4. The van der Waals surface area contributed by atoms with Gasteiger partial charge in [-0.1, -0.05) is 18.2 Å². The van der Waals surface area contributed by atoms with Crippen molar-refractivity contribution in [2.75, 3.05) is 19.7 Å². The smallest absolute Gasteiger partial charge is 0.306 e. The number of carbonyl (C=O) groups is 2. The molecule has 1 aliphatic heterocycles. The fourth-order valence-corrected chi connectivity index (χ4v) is 3.11. The number of amides is 1. The van der Waals surface area contributed by atoms with Crippen LogP contribution in [-0.2, 0) is 16.1 Å². The minimum absolute atomic E-state index is 0.0678. The Morgan fingerprint density at radius 3 is 2.87 bits per heavy atom. The van der Waals surface area contributed by atoms with Crippen LogP contribution in [0.3, 0.4) is 0 Å². The lowest BCUT2D eigenvalue weighted by atomic mass is 10.2. The fraction of sp³-hybridized carbons (Fsp3) is 0.412. The van der Waals surface area contributed by atoms with Crippen molar-refractivity contribution in [1.29, 1.82) is 0 Å². The summed E-state index contributed by atoms with van der Waals surface area (Å²) in [5.41, 5.74) is 1.68. The van der Waals surface area contributed by atoms with Crippen molar-refractivity contribution in [3.63, 3.8) is 0 Å². The molecule has 2 aromatic rings. The third-order valence-corrected chi connectivity index (χ3v) is 4.17. The molecule has 0 saturated carbocycles. The van der Waals surface area contributed by atoms with Gasteiger partial charge in [0.1, 0.15) is 5.69 Å². The number of morpholine rings is 1. The van der Waals surface area contributed by atoms with Crippen molar-refractivity contribution in [2.24, 2.45) is 0 Å². The van der Waals surface area contributed by atoms with Crippen LogP contribution in [0.4, 0.5) is 0 Å². The van der Waals surface area contributed by atoms with Crippen LogP contribution in [-0.4, -0.2) is 52.3 Å². The van der Waals surface area contributed by atoms with E-state index in [1.165, 1.54) is 0 Å². The zero-order valence-corrected chi connectivity index (χ0v) is 13.1. The second kappa shape index (κ2) is 6.42. The molecule has 6 heteroatoms. The van der Waals surface area contributed by atoms with Gasteiger partial charge >= 0.3 is 5.97 Å². The van der Waals surface area contributed by atoms with Crippen molar-refractivity contribution in [2.45, 2.75) is 26.0 Å². The fourth-order valence-electron chi connectivity index (χ4n) is 3.11. The summed E-state index contributed by atoms with van der Waals surface area (Å²) in [6, 6.07) is 9.81. The van der Waals surface area contributed by atoms with Crippen LogP contribution in [0, 0.1) is 0 Å². The molecular formula is C17H20N2O4. The number of hydrogen-bond acceptors (Lipinski definition) is 3. The minimum atomic E-state index is -0.910. The van der Waals surface area contributed by atoms with E-state index in [0.29, 0.717) is 31.9 Å². The Labute approximate surface area is 134 Å². The Morgan fingerprint density at radius 1 is 1.35 bits per heavy atom. The maximum atomic E-state index is 12.9. The van der Waals surface area contributed by atoms with Gasteiger partial charge in [0.05, 0.1) is 19.1 Å². The Hall–Kier alpha value is -2.34. The summed E-state index contributed by atoms with van der Waals surface area (Å²) < 4.78 is 7.44. The van der Waals surface area contributed by atoms with Gasteiger partial charge < -0.3 is 19.3 Å². The average molecular weight is 316 g/mol. The van der Waals surface area contributed by atoms with Gasteiger partial charge in [-0.3, -0.25) is 9.59 Å². The highest BCUT2D eigenvalue weighted by atomic mass is 16.5. The molecule has 3 rings (SSSR count). The quantitative estimate of drug-likeness (QED) is 0.936. The van der Waals surface area contributed by atoms with Gasteiger partial charge in [0.15, 0.2) is 0 Å². The van der Waals surface area contributed by atoms with Crippen molar-refractivity contribution in [1.82, 2.24) is 9.47 Å². The molecule has 0 bridgehead atoms. The van der Waals surface area contributed by atoms with Crippen molar-refractivity contribution in [3.8, 4) is 0 Å². The lowest BCUT2D eigenvalue weighted by Gasteiger charge is -2.32. The lowest BCUT2D eigenvalue weighted by molar-refractivity contribution is -0.141. The Kier molecular flexibility index (Phi) is 4.34. The molecule has 1 N–H and O–H groups in total. The van der Waals surface area contributed by atoms with Crippen LogP contribution in [0.15, 0.2) is 30.3 Å². The summed E-state index contributed by atoms with van der Waals surface area (Å²) in [6.07, 6.45) is -0.523.